The van der Waals surface area contributed by atoms with Crippen molar-refractivity contribution in [2.75, 3.05) is 26.3 Å². The van der Waals surface area contributed by atoms with Crippen LogP contribution in [-0.2, 0) is 9.53 Å². The molecule has 0 saturated carbocycles. The van der Waals surface area contributed by atoms with Crippen LogP contribution < -0.4 is 4.74 Å². The average molecular weight is 277 g/mol. The van der Waals surface area contributed by atoms with Crippen LogP contribution >= 0.6 is 0 Å². The molecule has 0 radical (unpaired) electrons. The molecule has 2 rings (SSSR count). The lowest BCUT2D eigenvalue weighted by Gasteiger charge is -2.22. The predicted molar refractivity (Wildman–Crippen MR) is 78.0 cm³/mol. The summed E-state index contributed by atoms with van der Waals surface area (Å²) in [5.41, 5.74) is 2.26. The number of hydrogen-bond acceptors (Lipinski definition) is 3. The second-order valence-electron chi connectivity index (χ2n) is 5.36. The minimum atomic E-state index is 0.0308. The molecule has 0 aliphatic carbocycles. The van der Waals surface area contributed by atoms with E-state index in [1.165, 1.54) is 5.56 Å². The topological polar surface area (TPSA) is 38.8 Å². The van der Waals surface area contributed by atoms with Crippen LogP contribution in [0, 0.1) is 13.8 Å². The molecule has 1 aromatic rings. The first kappa shape index (κ1) is 14.9. The third-order valence-electron chi connectivity index (χ3n) is 3.71. The maximum Gasteiger partial charge on any atom is 0.260 e. The Labute approximate surface area is 120 Å². The molecule has 4 heteroatoms. The highest BCUT2D eigenvalue weighted by molar-refractivity contribution is 5.77. The number of ether oxygens (including phenoxy) is 2. The van der Waals surface area contributed by atoms with Crippen molar-refractivity contribution >= 4 is 5.91 Å². The van der Waals surface area contributed by atoms with E-state index >= 15 is 0 Å². The monoisotopic (exact) mass is 277 g/mol. The zero-order valence-electron chi connectivity index (χ0n) is 12.5. The Hall–Kier alpha value is -1.55. The van der Waals surface area contributed by atoms with Gasteiger partial charge in [0.2, 0.25) is 0 Å². The Morgan fingerprint density at radius 1 is 1.45 bits per heavy atom. The first-order valence-electron chi connectivity index (χ1n) is 7.16. The molecule has 1 saturated heterocycles. The molecule has 1 fully saturated rings. The van der Waals surface area contributed by atoms with E-state index in [0.717, 1.165) is 30.9 Å². The van der Waals surface area contributed by atoms with Crippen molar-refractivity contribution in [1.29, 1.82) is 0 Å². The lowest BCUT2D eigenvalue weighted by molar-refractivity contribution is -0.134. The summed E-state index contributed by atoms with van der Waals surface area (Å²) in [5.74, 6) is 0.820. The molecule has 1 atom stereocenters. The fourth-order valence-corrected chi connectivity index (χ4v) is 2.33. The fourth-order valence-electron chi connectivity index (χ4n) is 2.33. The highest BCUT2D eigenvalue weighted by Crippen LogP contribution is 2.20. The zero-order valence-corrected chi connectivity index (χ0v) is 12.5. The molecular weight excluding hydrogens is 254 g/mol. The third kappa shape index (κ3) is 3.73. The number of amides is 1. The highest BCUT2D eigenvalue weighted by Gasteiger charge is 2.20. The number of aryl methyl sites for hydroxylation is 1. The molecule has 110 valence electrons. The highest BCUT2D eigenvalue weighted by atomic mass is 16.5. The largest absolute Gasteiger partial charge is 0.483 e. The number of benzene rings is 1. The van der Waals surface area contributed by atoms with Gasteiger partial charge in [-0.05, 0) is 44.4 Å². The van der Waals surface area contributed by atoms with Crippen molar-refractivity contribution in [3.63, 3.8) is 0 Å². The van der Waals surface area contributed by atoms with E-state index in [9.17, 15) is 4.79 Å². The van der Waals surface area contributed by atoms with Crippen LogP contribution in [0.4, 0.5) is 0 Å². The fraction of sp³-hybridized carbons (Fsp3) is 0.562. The number of hydrogen-bond donors (Lipinski definition) is 0. The predicted octanol–water partition coefficient (Wildman–Crippen LogP) is 2.32. The molecule has 1 heterocycles. The molecule has 0 unspecified atom stereocenters. The number of nitrogens with zero attached hydrogens (tertiary/aromatic N) is 1. The summed E-state index contributed by atoms with van der Waals surface area (Å²) < 4.78 is 11.2. The van der Waals surface area contributed by atoms with E-state index in [1.54, 1.807) is 0 Å². The SMILES string of the molecule is Cc1cccc(OCC(=O)N2CCCO[C@@H](C)C2)c1C. The Kier molecular flexibility index (Phi) is 5.01. The molecule has 1 amide bonds. The summed E-state index contributed by atoms with van der Waals surface area (Å²) in [6.07, 6.45) is 0.988. The van der Waals surface area contributed by atoms with E-state index in [1.807, 2.05) is 43.9 Å². The third-order valence-corrected chi connectivity index (χ3v) is 3.71. The lowest BCUT2D eigenvalue weighted by Crippen LogP contribution is -2.38. The van der Waals surface area contributed by atoms with Crippen LogP contribution in [0.5, 0.6) is 5.75 Å². The van der Waals surface area contributed by atoms with Gasteiger partial charge in [0.1, 0.15) is 5.75 Å². The Balaban J connectivity index is 1.92. The minimum absolute atomic E-state index is 0.0308. The average Bonchev–Trinajstić information content (AvgIpc) is 2.65. The van der Waals surface area contributed by atoms with Crippen molar-refractivity contribution in [2.24, 2.45) is 0 Å². The Morgan fingerprint density at radius 3 is 3.05 bits per heavy atom. The van der Waals surface area contributed by atoms with E-state index in [2.05, 4.69) is 0 Å². The van der Waals surface area contributed by atoms with E-state index in [-0.39, 0.29) is 18.6 Å². The van der Waals surface area contributed by atoms with Gasteiger partial charge in [-0.25, -0.2) is 0 Å². The first-order chi connectivity index (χ1) is 9.58. The lowest BCUT2D eigenvalue weighted by atomic mass is 10.1. The molecule has 4 nitrogen and oxygen atoms in total. The van der Waals surface area contributed by atoms with Crippen molar-refractivity contribution < 1.29 is 14.3 Å². The number of rotatable bonds is 3. The van der Waals surface area contributed by atoms with Gasteiger partial charge in [0.05, 0.1) is 6.10 Å². The molecule has 1 aliphatic heterocycles. The minimum Gasteiger partial charge on any atom is -0.483 e. The molecule has 1 aliphatic rings. The number of carbonyl (C=O) groups is 1. The summed E-state index contributed by atoms with van der Waals surface area (Å²) in [6.45, 7) is 8.26. The molecule has 0 bridgehead atoms. The van der Waals surface area contributed by atoms with Gasteiger partial charge in [0.15, 0.2) is 6.61 Å². The Morgan fingerprint density at radius 2 is 2.25 bits per heavy atom. The zero-order chi connectivity index (χ0) is 14.5. The summed E-state index contributed by atoms with van der Waals surface area (Å²) in [5, 5.41) is 0. The van der Waals surface area contributed by atoms with Crippen LogP contribution in [-0.4, -0.2) is 43.2 Å². The molecule has 0 spiro atoms. The first-order valence-corrected chi connectivity index (χ1v) is 7.16. The molecule has 0 N–H and O–H groups in total. The maximum absolute atomic E-state index is 12.2. The van der Waals surface area contributed by atoms with Gasteiger partial charge in [0.25, 0.3) is 5.91 Å². The molecule has 1 aromatic carbocycles. The van der Waals surface area contributed by atoms with Crippen molar-refractivity contribution in [3.05, 3.63) is 29.3 Å². The molecular formula is C16H23NO3. The quantitative estimate of drug-likeness (QED) is 0.851. The van der Waals surface area contributed by atoms with Gasteiger partial charge in [0, 0.05) is 19.7 Å². The smallest absolute Gasteiger partial charge is 0.260 e. The normalized spacial score (nSPS) is 19.6. The van der Waals surface area contributed by atoms with Crippen LogP contribution in [0.15, 0.2) is 18.2 Å². The van der Waals surface area contributed by atoms with Gasteiger partial charge in [-0.15, -0.1) is 0 Å². The van der Waals surface area contributed by atoms with E-state index < -0.39 is 0 Å². The molecule has 20 heavy (non-hydrogen) atoms. The van der Waals surface area contributed by atoms with Crippen LogP contribution in [0.3, 0.4) is 0 Å². The van der Waals surface area contributed by atoms with Crippen LogP contribution in [0.25, 0.3) is 0 Å². The van der Waals surface area contributed by atoms with Gasteiger partial charge in [-0.3, -0.25) is 4.79 Å². The van der Waals surface area contributed by atoms with Crippen molar-refractivity contribution in [2.45, 2.75) is 33.3 Å². The van der Waals surface area contributed by atoms with Crippen molar-refractivity contribution in [1.82, 2.24) is 4.90 Å². The van der Waals surface area contributed by atoms with Gasteiger partial charge in [-0.1, -0.05) is 12.1 Å². The van der Waals surface area contributed by atoms with E-state index in [4.69, 9.17) is 9.47 Å². The second kappa shape index (κ2) is 6.75. The van der Waals surface area contributed by atoms with Gasteiger partial charge in [-0.2, -0.15) is 0 Å². The summed E-state index contributed by atoms with van der Waals surface area (Å²) >= 11 is 0. The maximum atomic E-state index is 12.2. The van der Waals surface area contributed by atoms with Crippen LogP contribution in [0.2, 0.25) is 0 Å². The van der Waals surface area contributed by atoms with E-state index in [0.29, 0.717) is 6.54 Å². The summed E-state index contributed by atoms with van der Waals surface area (Å²) in [7, 11) is 0. The van der Waals surface area contributed by atoms with Gasteiger partial charge >= 0.3 is 0 Å². The second-order valence-corrected chi connectivity index (χ2v) is 5.36. The van der Waals surface area contributed by atoms with Crippen LogP contribution in [0.1, 0.15) is 24.5 Å². The molecule has 0 aromatic heterocycles. The van der Waals surface area contributed by atoms with Crippen molar-refractivity contribution in [3.8, 4) is 5.75 Å². The van der Waals surface area contributed by atoms with Gasteiger partial charge < -0.3 is 14.4 Å². The standard InChI is InChI=1S/C16H23NO3/c1-12-6-4-7-15(14(12)3)20-11-16(18)17-8-5-9-19-13(2)10-17/h4,6-7,13H,5,8-11H2,1-3H3/t13-/m0/s1. The summed E-state index contributed by atoms with van der Waals surface area (Å²) in [4.78, 5) is 14.0. The number of carbonyl (C=O) groups excluding carboxylic acids is 1. The Bertz CT molecular complexity index is 473. The summed E-state index contributed by atoms with van der Waals surface area (Å²) in [6, 6.07) is 5.89.